The lowest BCUT2D eigenvalue weighted by atomic mass is 10.2. The number of anilines is 2. The zero-order valence-electron chi connectivity index (χ0n) is 11.8. The molecule has 0 spiro atoms. The Morgan fingerprint density at radius 3 is 2.68 bits per heavy atom. The van der Waals surface area contributed by atoms with Crippen LogP contribution in [0.4, 0.5) is 11.4 Å². The zero-order valence-corrected chi connectivity index (χ0v) is 12.6. The molecule has 1 aliphatic rings. The topological polar surface area (TPSA) is 116 Å². The number of amides is 2. The molecule has 0 aromatic heterocycles. The Balaban J connectivity index is 2.09. The summed E-state index contributed by atoms with van der Waals surface area (Å²) in [7, 11) is -3.30. The van der Waals surface area contributed by atoms with Gasteiger partial charge >= 0.3 is 11.8 Å². The van der Waals surface area contributed by atoms with E-state index in [1.54, 1.807) is 18.2 Å². The first-order valence-electron chi connectivity index (χ1n) is 6.74. The highest BCUT2D eigenvalue weighted by molar-refractivity contribution is 7.93. The van der Waals surface area contributed by atoms with Crippen LogP contribution in [0.3, 0.4) is 0 Å². The normalized spacial score (nSPS) is 16.3. The Morgan fingerprint density at radius 2 is 2.05 bits per heavy atom. The Labute approximate surface area is 128 Å². The molecule has 1 saturated heterocycles. The van der Waals surface area contributed by atoms with E-state index in [2.05, 4.69) is 10.6 Å². The summed E-state index contributed by atoms with van der Waals surface area (Å²) in [5.41, 5.74) is 0.773. The summed E-state index contributed by atoms with van der Waals surface area (Å²) in [6.07, 6.45) is 0.558. The summed E-state index contributed by atoms with van der Waals surface area (Å²) >= 11 is 0. The van der Waals surface area contributed by atoms with E-state index in [-0.39, 0.29) is 18.9 Å². The third-order valence-corrected chi connectivity index (χ3v) is 4.96. The summed E-state index contributed by atoms with van der Waals surface area (Å²) in [5, 5.41) is 13.2. The van der Waals surface area contributed by atoms with Crippen molar-refractivity contribution >= 4 is 33.2 Å². The van der Waals surface area contributed by atoms with E-state index in [1.165, 1.54) is 10.4 Å². The second-order valence-electron chi connectivity index (χ2n) is 4.73. The molecule has 0 bridgehead atoms. The molecule has 1 aromatic carbocycles. The van der Waals surface area contributed by atoms with E-state index in [4.69, 9.17) is 5.11 Å². The van der Waals surface area contributed by atoms with Crippen molar-refractivity contribution in [3.05, 3.63) is 24.3 Å². The van der Waals surface area contributed by atoms with Gasteiger partial charge in [-0.15, -0.1) is 0 Å². The number of hydrogen-bond donors (Lipinski definition) is 3. The average Bonchev–Trinajstić information content (AvgIpc) is 2.84. The molecule has 120 valence electrons. The van der Waals surface area contributed by atoms with Crippen LogP contribution in [0.25, 0.3) is 0 Å². The summed E-state index contributed by atoms with van der Waals surface area (Å²) in [6.45, 7) is 0.121. The first kappa shape index (κ1) is 16.2. The van der Waals surface area contributed by atoms with Gasteiger partial charge in [-0.05, 0) is 24.6 Å². The van der Waals surface area contributed by atoms with Crippen LogP contribution in [0.5, 0.6) is 0 Å². The first-order valence-corrected chi connectivity index (χ1v) is 8.35. The van der Waals surface area contributed by atoms with E-state index >= 15 is 0 Å². The standard InChI is InChI=1S/C13H17N3O5S/c17-7-5-14-12(18)13(19)15-10-3-1-4-11(9-10)16-6-2-8-22(16,20)21/h1,3-4,9,17H,2,5-8H2,(H,14,18)(H,15,19). The van der Waals surface area contributed by atoms with E-state index in [1.807, 2.05) is 0 Å². The number of nitrogens with one attached hydrogen (secondary N) is 2. The fourth-order valence-electron chi connectivity index (χ4n) is 2.11. The third kappa shape index (κ3) is 3.74. The smallest absolute Gasteiger partial charge is 0.313 e. The summed E-state index contributed by atoms with van der Waals surface area (Å²) in [6, 6.07) is 6.29. The molecule has 0 unspecified atom stereocenters. The summed E-state index contributed by atoms with van der Waals surface area (Å²) < 4.78 is 25.0. The minimum atomic E-state index is -3.30. The maximum atomic E-state index is 11.9. The van der Waals surface area contributed by atoms with Gasteiger partial charge in [-0.1, -0.05) is 6.07 Å². The van der Waals surface area contributed by atoms with Gasteiger partial charge in [-0.25, -0.2) is 8.42 Å². The number of rotatable bonds is 4. The lowest BCUT2D eigenvalue weighted by molar-refractivity contribution is -0.136. The van der Waals surface area contributed by atoms with Crippen LogP contribution in [0, 0.1) is 0 Å². The highest BCUT2D eigenvalue weighted by Crippen LogP contribution is 2.26. The predicted octanol–water partition coefficient (Wildman–Crippen LogP) is -0.726. The SMILES string of the molecule is O=C(NCCO)C(=O)Nc1cccc(N2CCCS2(=O)=O)c1. The average molecular weight is 327 g/mol. The van der Waals surface area contributed by atoms with Crippen LogP contribution >= 0.6 is 0 Å². The van der Waals surface area contributed by atoms with E-state index in [9.17, 15) is 18.0 Å². The summed E-state index contributed by atoms with van der Waals surface area (Å²) in [4.78, 5) is 23.1. The quantitative estimate of drug-likeness (QED) is 0.631. The molecule has 22 heavy (non-hydrogen) atoms. The Morgan fingerprint density at radius 1 is 1.27 bits per heavy atom. The molecule has 1 heterocycles. The van der Waals surface area contributed by atoms with E-state index < -0.39 is 21.8 Å². The van der Waals surface area contributed by atoms with Gasteiger partial charge in [-0.2, -0.15) is 0 Å². The third-order valence-electron chi connectivity index (χ3n) is 3.09. The van der Waals surface area contributed by atoms with Gasteiger partial charge < -0.3 is 15.7 Å². The van der Waals surface area contributed by atoms with Crippen LogP contribution in [-0.2, 0) is 19.6 Å². The number of carbonyl (C=O) groups excluding carboxylic acids is 2. The molecule has 8 nitrogen and oxygen atoms in total. The Hall–Kier alpha value is -2.13. The van der Waals surface area contributed by atoms with Crippen molar-refractivity contribution in [2.75, 3.05) is 35.1 Å². The van der Waals surface area contributed by atoms with Crippen molar-refractivity contribution in [1.29, 1.82) is 0 Å². The molecule has 0 atom stereocenters. The lowest BCUT2D eigenvalue weighted by Crippen LogP contribution is -2.36. The predicted molar refractivity (Wildman–Crippen MR) is 80.9 cm³/mol. The van der Waals surface area contributed by atoms with Crippen LogP contribution in [-0.4, -0.2) is 50.8 Å². The van der Waals surface area contributed by atoms with Crippen LogP contribution in [0.1, 0.15) is 6.42 Å². The van der Waals surface area contributed by atoms with Crippen molar-refractivity contribution in [2.45, 2.75) is 6.42 Å². The van der Waals surface area contributed by atoms with Crippen molar-refractivity contribution in [3.8, 4) is 0 Å². The minimum Gasteiger partial charge on any atom is -0.395 e. The molecule has 1 aliphatic heterocycles. The molecule has 2 rings (SSSR count). The molecular formula is C13H17N3O5S. The van der Waals surface area contributed by atoms with Gasteiger partial charge in [0.1, 0.15) is 0 Å². The van der Waals surface area contributed by atoms with Crippen molar-refractivity contribution < 1.29 is 23.1 Å². The lowest BCUT2D eigenvalue weighted by Gasteiger charge is -2.17. The van der Waals surface area contributed by atoms with Crippen molar-refractivity contribution in [3.63, 3.8) is 0 Å². The van der Waals surface area contributed by atoms with Gasteiger partial charge in [0, 0.05) is 18.8 Å². The maximum Gasteiger partial charge on any atom is 0.313 e. The number of aliphatic hydroxyl groups is 1. The number of hydrogen-bond acceptors (Lipinski definition) is 5. The number of aliphatic hydroxyl groups excluding tert-OH is 1. The molecule has 3 N–H and O–H groups in total. The van der Waals surface area contributed by atoms with E-state index in [0.29, 0.717) is 24.3 Å². The highest BCUT2D eigenvalue weighted by atomic mass is 32.2. The molecule has 0 saturated carbocycles. The van der Waals surface area contributed by atoms with E-state index in [0.717, 1.165) is 0 Å². The number of nitrogens with zero attached hydrogens (tertiary/aromatic N) is 1. The largest absolute Gasteiger partial charge is 0.395 e. The molecule has 1 aromatic rings. The van der Waals surface area contributed by atoms with Crippen molar-refractivity contribution in [2.24, 2.45) is 0 Å². The molecule has 0 radical (unpaired) electrons. The summed E-state index contributed by atoms with van der Waals surface area (Å²) in [5.74, 6) is -1.64. The maximum absolute atomic E-state index is 11.9. The molecule has 2 amide bonds. The zero-order chi connectivity index (χ0) is 16.2. The molecule has 9 heteroatoms. The van der Waals surface area contributed by atoms with Gasteiger partial charge in [0.15, 0.2) is 0 Å². The Kier molecular flexibility index (Phi) is 4.99. The molecule has 0 aliphatic carbocycles. The molecule has 1 fully saturated rings. The van der Waals surface area contributed by atoms with Gasteiger partial charge in [0.25, 0.3) is 0 Å². The highest BCUT2D eigenvalue weighted by Gasteiger charge is 2.28. The van der Waals surface area contributed by atoms with Gasteiger partial charge in [0.05, 0.1) is 18.0 Å². The van der Waals surface area contributed by atoms with Crippen LogP contribution < -0.4 is 14.9 Å². The van der Waals surface area contributed by atoms with Crippen LogP contribution in [0.2, 0.25) is 0 Å². The molecular weight excluding hydrogens is 310 g/mol. The fourth-order valence-corrected chi connectivity index (χ4v) is 3.66. The Bertz CT molecular complexity index is 674. The fraction of sp³-hybridized carbons (Fsp3) is 0.385. The second kappa shape index (κ2) is 6.75. The number of sulfonamides is 1. The van der Waals surface area contributed by atoms with Crippen LogP contribution in [0.15, 0.2) is 24.3 Å². The minimum absolute atomic E-state index is 0.0156. The van der Waals surface area contributed by atoms with Gasteiger partial charge in [-0.3, -0.25) is 13.9 Å². The second-order valence-corrected chi connectivity index (χ2v) is 6.74. The first-order chi connectivity index (χ1) is 10.4. The monoisotopic (exact) mass is 327 g/mol. The number of benzene rings is 1. The number of carbonyl (C=O) groups is 2. The van der Waals surface area contributed by atoms with Crippen molar-refractivity contribution in [1.82, 2.24) is 5.32 Å². The van der Waals surface area contributed by atoms with Gasteiger partial charge in [0.2, 0.25) is 10.0 Å².